The summed E-state index contributed by atoms with van der Waals surface area (Å²) >= 11 is 5.24. The molecule has 1 aromatic carbocycles. The lowest BCUT2D eigenvalue weighted by Gasteiger charge is -2.19. The van der Waals surface area contributed by atoms with E-state index in [-0.39, 0.29) is 17.0 Å². The van der Waals surface area contributed by atoms with Crippen molar-refractivity contribution in [2.75, 3.05) is 19.0 Å². The van der Waals surface area contributed by atoms with Gasteiger partial charge in [0.15, 0.2) is 5.75 Å². The van der Waals surface area contributed by atoms with Crippen molar-refractivity contribution in [2.45, 2.75) is 6.36 Å². The van der Waals surface area contributed by atoms with Gasteiger partial charge in [-0.25, -0.2) is 0 Å². The molecule has 0 aliphatic carbocycles. The molecule has 0 aliphatic rings. The summed E-state index contributed by atoms with van der Waals surface area (Å²) in [5, 5.41) is -0.744. The number of carbonyl (C=O) groups is 1. The smallest absolute Gasteiger partial charge is 0.404 e. The Bertz CT molecular complexity index is 432. The number of benzene rings is 1. The van der Waals surface area contributed by atoms with Crippen LogP contribution >= 0.6 is 11.6 Å². The zero-order valence-corrected chi connectivity index (χ0v) is 9.76. The van der Waals surface area contributed by atoms with Gasteiger partial charge in [0, 0.05) is 19.7 Å². The van der Waals surface area contributed by atoms with E-state index in [1.165, 1.54) is 31.1 Å². The van der Waals surface area contributed by atoms with Gasteiger partial charge in [-0.3, -0.25) is 4.79 Å². The highest BCUT2D eigenvalue weighted by molar-refractivity contribution is 6.67. The highest BCUT2D eigenvalue weighted by atomic mass is 35.5. The lowest BCUT2D eigenvalue weighted by molar-refractivity contribution is -0.274. The SMILES string of the molecule is CN(C)c1cc(C(=O)Cl)ccc1OC(F)(F)F. The molecule has 94 valence electrons. The average molecular weight is 268 g/mol. The Labute approximate surface area is 101 Å². The van der Waals surface area contributed by atoms with Crippen molar-refractivity contribution in [1.82, 2.24) is 0 Å². The molecule has 1 aromatic rings. The first-order valence-electron chi connectivity index (χ1n) is 4.47. The molecule has 0 N–H and O–H groups in total. The second-order valence-corrected chi connectivity index (χ2v) is 3.74. The molecule has 0 fully saturated rings. The fourth-order valence-corrected chi connectivity index (χ4v) is 1.32. The van der Waals surface area contributed by atoms with Crippen molar-refractivity contribution in [2.24, 2.45) is 0 Å². The van der Waals surface area contributed by atoms with E-state index in [0.29, 0.717) is 0 Å². The van der Waals surface area contributed by atoms with Gasteiger partial charge in [0.25, 0.3) is 5.24 Å². The van der Waals surface area contributed by atoms with Gasteiger partial charge in [0.1, 0.15) is 0 Å². The number of ether oxygens (including phenoxy) is 1. The molecule has 17 heavy (non-hydrogen) atoms. The van der Waals surface area contributed by atoms with Crippen LogP contribution in [0.2, 0.25) is 0 Å². The number of rotatable bonds is 3. The molecule has 1 rings (SSSR count). The first-order valence-corrected chi connectivity index (χ1v) is 4.85. The minimum Gasteiger partial charge on any atom is -0.404 e. The molecule has 0 radical (unpaired) electrons. The molecule has 0 amide bonds. The summed E-state index contributed by atoms with van der Waals surface area (Å²) in [5.74, 6) is -0.385. The van der Waals surface area contributed by atoms with Crippen molar-refractivity contribution in [3.8, 4) is 5.75 Å². The standard InChI is InChI=1S/C10H9ClF3NO2/c1-15(2)7-5-6(9(11)16)3-4-8(7)17-10(12,13)14/h3-5H,1-2H3. The maximum atomic E-state index is 12.1. The second-order valence-electron chi connectivity index (χ2n) is 3.40. The Hall–Kier alpha value is -1.43. The minimum absolute atomic E-state index is 0.102. The lowest BCUT2D eigenvalue weighted by Crippen LogP contribution is -2.20. The van der Waals surface area contributed by atoms with Gasteiger partial charge in [0.2, 0.25) is 0 Å². The Morgan fingerprint density at radius 3 is 2.35 bits per heavy atom. The summed E-state index contributed by atoms with van der Waals surface area (Å²) in [7, 11) is 3.06. The largest absolute Gasteiger partial charge is 0.573 e. The fraction of sp³-hybridized carbons (Fsp3) is 0.300. The fourth-order valence-electron chi connectivity index (χ4n) is 1.20. The highest BCUT2D eigenvalue weighted by Gasteiger charge is 2.32. The van der Waals surface area contributed by atoms with E-state index in [0.717, 1.165) is 6.07 Å². The van der Waals surface area contributed by atoms with Crippen molar-refractivity contribution >= 4 is 22.5 Å². The van der Waals surface area contributed by atoms with E-state index >= 15 is 0 Å². The van der Waals surface area contributed by atoms with Crippen LogP contribution in [0.3, 0.4) is 0 Å². The van der Waals surface area contributed by atoms with E-state index < -0.39 is 11.6 Å². The third-order valence-electron chi connectivity index (χ3n) is 1.89. The van der Waals surface area contributed by atoms with E-state index in [2.05, 4.69) is 4.74 Å². The monoisotopic (exact) mass is 267 g/mol. The Kier molecular flexibility index (Phi) is 3.87. The molecule has 0 heterocycles. The Morgan fingerprint density at radius 1 is 1.35 bits per heavy atom. The highest BCUT2D eigenvalue weighted by Crippen LogP contribution is 2.33. The molecule has 0 saturated heterocycles. The van der Waals surface area contributed by atoms with Gasteiger partial charge < -0.3 is 9.64 Å². The van der Waals surface area contributed by atoms with Gasteiger partial charge in [-0.05, 0) is 29.8 Å². The van der Waals surface area contributed by atoms with Crippen LogP contribution in [0.4, 0.5) is 18.9 Å². The van der Waals surface area contributed by atoms with Crippen molar-refractivity contribution < 1.29 is 22.7 Å². The first kappa shape index (κ1) is 13.6. The number of nitrogens with zero attached hydrogens (tertiary/aromatic N) is 1. The van der Waals surface area contributed by atoms with E-state index in [1.807, 2.05) is 0 Å². The van der Waals surface area contributed by atoms with E-state index in [9.17, 15) is 18.0 Å². The van der Waals surface area contributed by atoms with Crippen molar-refractivity contribution in [3.05, 3.63) is 23.8 Å². The van der Waals surface area contributed by atoms with Crippen LogP contribution in [-0.2, 0) is 0 Å². The van der Waals surface area contributed by atoms with Crippen LogP contribution in [0.15, 0.2) is 18.2 Å². The van der Waals surface area contributed by atoms with Crippen molar-refractivity contribution in [1.29, 1.82) is 0 Å². The first-order chi connectivity index (χ1) is 7.70. The van der Waals surface area contributed by atoms with Gasteiger partial charge in [-0.1, -0.05) is 0 Å². The van der Waals surface area contributed by atoms with Crippen LogP contribution < -0.4 is 9.64 Å². The van der Waals surface area contributed by atoms with Crippen LogP contribution in [0.1, 0.15) is 10.4 Å². The summed E-state index contributed by atoms with van der Waals surface area (Å²) < 4.78 is 40.2. The van der Waals surface area contributed by atoms with Crippen LogP contribution in [0, 0.1) is 0 Å². The zero-order chi connectivity index (χ0) is 13.2. The van der Waals surface area contributed by atoms with E-state index in [1.54, 1.807) is 0 Å². The molecule has 0 aromatic heterocycles. The van der Waals surface area contributed by atoms with Gasteiger partial charge in [-0.15, -0.1) is 13.2 Å². The molecule has 3 nitrogen and oxygen atoms in total. The molecule has 0 saturated carbocycles. The normalized spacial score (nSPS) is 11.2. The van der Waals surface area contributed by atoms with Crippen molar-refractivity contribution in [3.63, 3.8) is 0 Å². The number of anilines is 1. The molecule has 0 bridgehead atoms. The third kappa shape index (κ3) is 3.81. The summed E-state index contributed by atoms with van der Waals surface area (Å²) in [6.07, 6.45) is -4.78. The third-order valence-corrected chi connectivity index (χ3v) is 2.11. The van der Waals surface area contributed by atoms with Gasteiger partial charge in [0.05, 0.1) is 5.69 Å². The van der Waals surface area contributed by atoms with E-state index in [4.69, 9.17) is 11.6 Å². The molecular weight excluding hydrogens is 259 g/mol. The zero-order valence-electron chi connectivity index (χ0n) is 9.01. The summed E-state index contributed by atoms with van der Waals surface area (Å²) in [4.78, 5) is 12.3. The summed E-state index contributed by atoms with van der Waals surface area (Å²) in [6.45, 7) is 0. The van der Waals surface area contributed by atoms with Crippen LogP contribution in [-0.4, -0.2) is 25.7 Å². The summed E-state index contributed by atoms with van der Waals surface area (Å²) in [6, 6.07) is 3.46. The average Bonchev–Trinajstić information content (AvgIpc) is 2.14. The molecule has 0 spiro atoms. The van der Waals surface area contributed by atoms with Gasteiger partial charge >= 0.3 is 6.36 Å². The van der Waals surface area contributed by atoms with Crippen LogP contribution in [0.5, 0.6) is 5.75 Å². The minimum atomic E-state index is -4.78. The second kappa shape index (κ2) is 4.83. The predicted molar refractivity (Wildman–Crippen MR) is 57.6 cm³/mol. The number of hydrogen-bond acceptors (Lipinski definition) is 3. The Balaban J connectivity index is 3.18. The number of hydrogen-bond donors (Lipinski definition) is 0. The topological polar surface area (TPSA) is 29.5 Å². The number of halogens is 4. The molecule has 0 atom stereocenters. The van der Waals surface area contributed by atoms with Gasteiger partial charge in [-0.2, -0.15) is 0 Å². The predicted octanol–water partition coefficient (Wildman–Crippen LogP) is 3.03. The summed E-state index contributed by atoms with van der Waals surface area (Å²) in [5.41, 5.74) is 0.221. The quantitative estimate of drug-likeness (QED) is 0.789. The molecule has 0 aliphatic heterocycles. The lowest BCUT2D eigenvalue weighted by atomic mass is 10.2. The Morgan fingerprint density at radius 2 is 1.94 bits per heavy atom. The van der Waals surface area contributed by atoms with Crippen LogP contribution in [0.25, 0.3) is 0 Å². The molecule has 0 unspecified atom stereocenters. The number of alkyl halides is 3. The number of carbonyl (C=O) groups excluding carboxylic acids is 1. The maximum Gasteiger partial charge on any atom is 0.573 e. The molecular formula is C10H9ClF3NO2. The maximum absolute atomic E-state index is 12.1. The molecule has 7 heteroatoms.